The van der Waals surface area contributed by atoms with Gasteiger partial charge < -0.3 is 25.0 Å². The molecule has 0 aliphatic carbocycles. The SMILES string of the molecule is CCn1c(CN2CCC(C(=O)c3cccnc3)CC2)cnc1SC.O=C(O)CC(O)(CC(=O)O)C(=O)O. The Morgan fingerprint density at radius 1 is 1.08 bits per heavy atom. The molecule has 1 aliphatic rings. The number of thioether (sulfide) groups is 1. The highest BCUT2D eigenvalue weighted by atomic mass is 32.2. The average molecular weight is 537 g/mol. The Balaban J connectivity index is 0.000000317. The minimum atomic E-state index is -2.74. The third-order valence-corrected chi connectivity index (χ3v) is 6.67. The molecule has 0 unspecified atom stereocenters. The number of likely N-dealkylation sites (tertiary alicyclic amines) is 1. The Hall–Kier alpha value is -3.29. The number of aliphatic carboxylic acids is 3. The summed E-state index contributed by atoms with van der Waals surface area (Å²) in [4.78, 5) is 54.0. The van der Waals surface area contributed by atoms with Crippen LogP contribution in [0.5, 0.6) is 0 Å². The van der Waals surface area contributed by atoms with Gasteiger partial charge in [0.1, 0.15) is 0 Å². The molecule has 37 heavy (non-hydrogen) atoms. The normalized spacial score (nSPS) is 14.5. The van der Waals surface area contributed by atoms with Crippen molar-refractivity contribution in [2.24, 2.45) is 5.92 Å². The van der Waals surface area contributed by atoms with Gasteiger partial charge in [0.05, 0.1) is 24.7 Å². The topological polar surface area (TPSA) is 183 Å². The van der Waals surface area contributed by atoms with Crippen molar-refractivity contribution in [1.82, 2.24) is 19.4 Å². The first-order chi connectivity index (χ1) is 17.5. The highest BCUT2D eigenvalue weighted by molar-refractivity contribution is 7.98. The maximum atomic E-state index is 12.5. The summed E-state index contributed by atoms with van der Waals surface area (Å²) in [6.45, 7) is 5.93. The molecule has 4 N–H and O–H groups in total. The summed E-state index contributed by atoms with van der Waals surface area (Å²) in [5, 5.41) is 34.9. The predicted molar refractivity (Wildman–Crippen MR) is 133 cm³/mol. The van der Waals surface area contributed by atoms with Gasteiger partial charge in [-0.15, -0.1) is 0 Å². The Kier molecular flexibility index (Phi) is 11.2. The second-order valence-electron chi connectivity index (χ2n) is 8.61. The number of piperidine rings is 1. The van der Waals surface area contributed by atoms with E-state index >= 15 is 0 Å². The molecule has 12 nitrogen and oxygen atoms in total. The highest BCUT2D eigenvalue weighted by Gasteiger charge is 2.40. The van der Waals surface area contributed by atoms with Gasteiger partial charge in [0.15, 0.2) is 16.5 Å². The summed E-state index contributed by atoms with van der Waals surface area (Å²) in [6.07, 6.45) is 6.99. The van der Waals surface area contributed by atoms with E-state index in [4.69, 9.17) is 20.4 Å². The van der Waals surface area contributed by atoms with Crippen molar-refractivity contribution >= 4 is 35.5 Å². The van der Waals surface area contributed by atoms with E-state index < -0.39 is 36.4 Å². The minimum Gasteiger partial charge on any atom is -0.481 e. The number of carboxylic acids is 3. The lowest BCUT2D eigenvalue weighted by Crippen LogP contribution is -2.42. The van der Waals surface area contributed by atoms with Crippen LogP contribution in [0.3, 0.4) is 0 Å². The molecule has 3 heterocycles. The number of carbonyl (C=O) groups excluding carboxylic acids is 1. The third-order valence-electron chi connectivity index (χ3n) is 5.98. The first-order valence-corrected chi connectivity index (χ1v) is 12.9. The molecule has 0 spiro atoms. The Morgan fingerprint density at radius 3 is 2.16 bits per heavy atom. The van der Waals surface area contributed by atoms with Crippen LogP contribution in [-0.4, -0.2) is 88.5 Å². The van der Waals surface area contributed by atoms with Crippen LogP contribution >= 0.6 is 11.8 Å². The summed E-state index contributed by atoms with van der Waals surface area (Å²) >= 11 is 1.69. The first-order valence-electron chi connectivity index (χ1n) is 11.6. The van der Waals surface area contributed by atoms with Gasteiger partial charge in [-0.25, -0.2) is 9.78 Å². The maximum absolute atomic E-state index is 12.5. The molecule has 1 saturated heterocycles. The van der Waals surface area contributed by atoms with Crippen molar-refractivity contribution in [3.63, 3.8) is 0 Å². The highest BCUT2D eigenvalue weighted by Crippen LogP contribution is 2.24. The number of pyridine rings is 1. The van der Waals surface area contributed by atoms with E-state index in [0.29, 0.717) is 0 Å². The van der Waals surface area contributed by atoms with Gasteiger partial charge in [0.2, 0.25) is 0 Å². The van der Waals surface area contributed by atoms with Crippen LogP contribution in [0, 0.1) is 5.92 Å². The maximum Gasteiger partial charge on any atom is 0.336 e. The lowest BCUT2D eigenvalue weighted by atomic mass is 9.89. The predicted octanol–water partition coefficient (Wildman–Crippen LogP) is 1.87. The zero-order valence-corrected chi connectivity index (χ0v) is 21.6. The van der Waals surface area contributed by atoms with Gasteiger partial charge in [-0.05, 0) is 51.2 Å². The fourth-order valence-electron chi connectivity index (χ4n) is 4.06. The van der Waals surface area contributed by atoms with E-state index in [2.05, 4.69) is 32.6 Å². The fraction of sp³-hybridized carbons (Fsp3) is 0.500. The molecule has 202 valence electrons. The number of rotatable bonds is 11. The Morgan fingerprint density at radius 2 is 1.70 bits per heavy atom. The standard InChI is InChI=1S/C18H24N4OS.C6H8O7/c1-3-22-16(12-20-18(22)24-2)13-21-9-6-14(7-10-21)17(23)15-5-4-8-19-11-15;7-3(8)1-6(13,5(11)12)2-4(9)10/h4-5,8,11-12,14H,3,6-7,9-10,13H2,1-2H3;13H,1-2H2,(H,7,8)(H,9,10)(H,11,12). The number of carbonyl (C=O) groups is 4. The van der Waals surface area contributed by atoms with Crippen molar-refractivity contribution in [2.75, 3.05) is 19.3 Å². The number of hydrogen-bond acceptors (Lipinski definition) is 9. The first kappa shape index (κ1) is 29.9. The number of imidazole rings is 1. The second-order valence-corrected chi connectivity index (χ2v) is 9.39. The van der Waals surface area contributed by atoms with E-state index in [1.807, 2.05) is 18.3 Å². The number of hydrogen-bond donors (Lipinski definition) is 4. The van der Waals surface area contributed by atoms with E-state index in [0.717, 1.165) is 49.7 Å². The van der Waals surface area contributed by atoms with Crippen molar-refractivity contribution in [2.45, 2.75) is 56.5 Å². The Bertz CT molecular complexity index is 1070. The van der Waals surface area contributed by atoms with Crippen LogP contribution in [0.2, 0.25) is 0 Å². The molecule has 0 saturated carbocycles. The van der Waals surface area contributed by atoms with E-state index in [1.54, 1.807) is 24.2 Å². The molecular weight excluding hydrogens is 504 g/mol. The van der Waals surface area contributed by atoms with E-state index in [9.17, 15) is 19.2 Å². The molecule has 13 heteroatoms. The lowest BCUT2D eigenvalue weighted by Gasteiger charge is -2.31. The number of ketones is 1. The van der Waals surface area contributed by atoms with Gasteiger partial charge in [0, 0.05) is 37.0 Å². The summed E-state index contributed by atoms with van der Waals surface area (Å²) in [7, 11) is 0. The monoisotopic (exact) mass is 536 g/mol. The van der Waals surface area contributed by atoms with Crippen LogP contribution in [-0.2, 0) is 27.5 Å². The largest absolute Gasteiger partial charge is 0.481 e. The van der Waals surface area contributed by atoms with Crippen LogP contribution in [0.1, 0.15) is 48.7 Å². The number of nitrogens with zero attached hydrogens (tertiary/aromatic N) is 4. The zero-order chi connectivity index (χ0) is 27.6. The lowest BCUT2D eigenvalue weighted by molar-refractivity contribution is -0.170. The summed E-state index contributed by atoms with van der Waals surface area (Å²) in [5.74, 6) is -4.65. The number of carboxylic acid groups (broad SMARTS) is 3. The van der Waals surface area contributed by atoms with Crippen molar-refractivity contribution in [3.8, 4) is 0 Å². The molecule has 2 aromatic rings. The molecule has 0 radical (unpaired) electrons. The second kappa shape index (κ2) is 13.9. The summed E-state index contributed by atoms with van der Waals surface area (Å²) in [5.41, 5.74) is -0.735. The molecular formula is C24H32N4O8S. The van der Waals surface area contributed by atoms with E-state index in [-0.39, 0.29) is 11.7 Å². The molecule has 3 rings (SSSR count). The molecule has 0 amide bonds. The molecule has 1 aliphatic heterocycles. The minimum absolute atomic E-state index is 0.128. The van der Waals surface area contributed by atoms with Gasteiger partial charge >= 0.3 is 17.9 Å². The molecule has 0 bridgehead atoms. The van der Waals surface area contributed by atoms with Crippen LogP contribution in [0.15, 0.2) is 35.9 Å². The number of aliphatic hydroxyl groups is 1. The smallest absolute Gasteiger partial charge is 0.336 e. The number of Topliss-reactive ketones (excluding diaryl/α,β-unsaturated/α-hetero) is 1. The average Bonchev–Trinajstić information content (AvgIpc) is 3.25. The number of aromatic nitrogens is 3. The third kappa shape index (κ3) is 8.65. The van der Waals surface area contributed by atoms with Crippen LogP contribution in [0.4, 0.5) is 0 Å². The van der Waals surface area contributed by atoms with Gasteiger partial charge in [-0.2, -0.15) is 0 Å². The van der Waals surface area contributed by atoms with Crippen molar-refractivity contribution in [3.05, 3.63) is 42.0 Å². The molecule has 1 fully saturated rings. The van der Waals surface area contributed by atoms with Crippen molar-refractivity contribution in [1.29, 1.82) is 0 Å². The van der Waals surface area contributed by atoms with E-state index in [1.165, 1.54) is 5.69 Å². The van der Waals surface area contributed by atoms with Crippen molar-refractivity contribution < 1.29 is 39.6 Å². The van der Waals surface area contributed by atoms with Gasteiger partial charge in [-0.3, -0.25) is 24.3 Å². The van der Waals surface area contributed by atoms with Gasteiger partial charge in [0.25, 0.3) is 0 Å². The summed E-state index contributed by atoms with van der Waals surface area (Å²) < 4.78 is 2.28. The molecule has 2 aromatic heterocycles. The molecule has 0 aromatic carbocycles. The van der Waals surface area contributed by atoms with Crippen LogP contribution < -0.4 is 0 Å². The fourth-order valence-corrected chi connectivity index (χ4v) is 4.68. The molecule has 0 atom stereocenters. The van der Waals surface area contributed by atoms with Gasteiger partial charge in [-0.1, -0.05) is 11.8 Å². The van der Waals surface area contributed by atoms with Crippen LogP contribution in [0.25, 0.3) is 0 Å². The quantitative estimate of drug-likeness (QED) is 0.242. The summed E-state index contributed by atoms with van der Waals surface area (Å²) in [6, 6.07) is 3.70. The zero-order valence-electron chi connectivity index (χ0n) is 20.7. The Labute approximate surface area is 218 Å².